The van der Waals surface area contributed by atoms with Crippen molar-refractivity contribution in [2.45, 2.75) is 4.90 Å². The molecule has 0 heterocycles. The van der Waals surface area contributed by atoms with Gasteiger partial charge in [0.15, 0.2) is 0 Å². The lowest BCUT2D eigenvalue weighted by atomic mass is 10.3. The Kier molecular flexibility index (Phi) is 2.99. The van der Waals surface area contributed by atoms with Crippen molar-refractivity contribution in [3.63, 3.8) is 0 Å². The van der Waals surface area contributed by atoms with Gasteiger partial charge in [0.05, 0.1) is 5.69 Å². The molecule has 1 radical (unpaired) electrons. The number of nitrogens with one attached hydrogen (secondary N) is 1. The summed E-state index contributed by atoms with van der Waals surface area (Å²) in [6, 6.07) is 7.16. The minimum atomic E-state index is -1.28. The summed E-state index contributed by atoms with van der Waals surface area (Å²) in [6.45, 7) is 0. The second-order valence-corrected chi connectivity index (χ2v) is 2.96. The smallest absolute Gasteiger partial charge is 0.287 e. The fraction of sp³-hybridized carbons (Fsp3) is 0.125. The third-order valence-electron chi connectivity index (χ3n) is 1.34. The van der Waals surface area contributed by atoms with Crippen LogP contribution in [0.5, 0.6) is 0 Å². The zero-order valence-electron chi connectivity index (χ0n) is 6.53. The Labute approximate surface area is 74.8 Å². The fourth-order valence-electron chi connectivity index (χ4n) is 0.858. The molecule has 0 unspecified atom stereocenters. The van der Waals surface area contributed by atoms with Crippen LogP contribution in [-0.2, 0) is 5.11 Å². The first-order chi connectivity index (χ1) is 5.74. The molecule has 0 saturated heterocycles. The molecular formula is C8H8NO2S. The van der Waals surface area contributed by atoms with Crippen LogP contribution in [-0.4, -0.2) is 12.3 Å². The van der Waals surface area contributed by atoms with Gasteiger partial charge in [-0.25, -0.2) is 9.90 Å². The highest BCUT2D eigenvalue weighted by Crippen LogP contribution is 2.24. The Bertz CT molecular complexity index is 288. The molecule has 0 fully saturated rings. The quantitative estimate of drug-likeness (QED) is 0.714. The maximum atomic E-state index is 10.2. The van der Waals surface area contributed by atoms with Crippen LogP contribution < -0.4 is 5.32 Å². The molecule has 0 aliphatic rings. The SMILES string of the molecule is CSc1ccccc1NC([O])=O. The molecule has 0 aliphatic carbocycles. The molecule has 0 bridgehead atoms. The van der Waals surface area contributed by atoms with E-state index in [-0.39, 0.29) is 0 Å². The fourth-order valence-corrected chi connectivity index (χ4v) is 1.41. The van der Waals surface area contributed by atoms with Crippen molar-refractivity contribution in [1.29, 1.82) is 0 Å². The van der Waals surface area contributed by atoms with E-state index in [1.807, 2.05) is 18.4 Å². The number of anilines is 1. The van der Waals surface area contributed by atoms with Crippen LogP contribution in [0.2, 0.25) is 0 Å². The summed E-state index contributed by atoms with van der Waals surface area (Å²) in [5.41, 5.74) is 0.574. The number of carbonyl (C=O) groups is 1. The van der Waals surface area contributed by atoms with Gasteiger partial charge in [-0.05, 0) is 18.4 Å². The maximum absolute atomic E-state index is 10.2. The summed E-state index contributed by atoms with van der Waals surface area (Å²) < 4.78 is 0. The molecule has 0 atom stereocenters. The number of thioether (sulfide) groups is 1. The van der Waals surface area contributed by atoms with Crippen LogP contribution in [0.4, 0.5) is 10.5 Å². The van der Waals surface area contributed by atoms with E-state index in [9.17, 15) is 9.90 Å². The number of hydrogen-bond donors (Lipinski definition) is 1. The number of amides is 1. The highest BCUT2D eigenvalue weighted by atomic mass is 32.2. The van der Waals surface area contributed by atoms with Crippen LogP contribution in [0.15, 0.2) is 29.2 Å². The average Bonchev–Trinajstić information content (AvgIpc) is 2.04. The number of hydrogen-bond acceptors (Lipinski definition) is 2. The van der Waals surface area contributed by atoms with Gasteiger partial charge in [0.25, 0.3) is 0 Å². The van der Waals surface area contributed by atoms with E-state index < -0.39 is 6.09 Å². The molecule has 0 aromatic heterocycles. The molecule has 12 heavy (non-hydrogen) atoms. The van der Waals surface area contributed by atoms with Crippen molar-refractivity contribution in [2.75, 3.05) is 11.6 Å². The predicted octanol–water partition coefficient (Wildman–Crippen LogP) is 2.37. The first-order valence-electron chi connectivity index (χ1n) is 3.35. The van der Waals surface area contributed by atoms with Crippen LogP contribution in [0, 0.1) is 0 Å². The van der Waals surface area contributed by atoms with Crippen LogP contribution >= 0.6 is 11.8 Å². The third kappa shape index (κ3) is 2.17. The Morgan fingerprint density at radius 3 is 2.67 bits per heavy atom. The van der Waals surface area contributed by atoms with Gasteiger partial charge in [-0.15, -0.1) is 11.8 Å². The second-order valence-electron chi connectivity index (χ2n) is 2.11. The van der Waals surface area contributed by atoms with Crippen molar-refractivity contribution in [3.05, 3.63) is 24.3 Å². The highest BCUT2D eigenvalue weighted by molar-refractivity contribution is 7.98. The number of carbonyl (C=O) groups excluding carboxylic acids is 1. The minimum absolute atomic E-state index is 0.574. The molecule has 3 nitrogen and oxygen atoms in total. The van der Waals surface area contributed by atoms with Gasteiger partial charge < -0.3 is 0 Å². The lowest BCUT2D eigenvalue weighted by molar-refractivity contribution is 0.185. The summed E-state index contributed by atoms with van der Waals surface area (Å²) >= 11 is 1.48. The van der Waals surface area contributed by atoms with E-state index in [1.54, 1.807) is 12.1 Å². The van der Waals surface area contributed by atoms with Crippen molar-refractivity contribution in [1.82, 2.24) is 0 Å². The van der Waals surface area contributed by atoms with Crippen LogP contribution in [0.3, 0.4) is 0 Å². The van der Waals surface area contributed by atoms with Crippen LogP contribution in [0.25, 0.3) is 0 Å². The summed E-state index contributed by atoms with van der Waals surface area (Å²) in [7, 11) is 0. The largest absolute Gasteiger partial charge is 0.454 e. The third-order valence-corrected chi connectivity index (χ3v) is 2.14. The zero-order chi connectivity index (χ0) is 8.97. The van der Waals surface area contributed by atoms with Gasteiger partial charge >= 0.3 is 6.09 Å². The molecule has 1 N–H and O–H groups in total. The second kappa shape index (κ2) is 4.01. The molecule has 1 aromatic rings. The molecule has 0 saturated carbocycles. The van der Waals surface area contributed by atoms with Crippen molar-refractivity contribution < 1.29 is 9.90 Å². The van der Waals surface area contributed by atoms with E-state index in [1.165, 1.54) is 11.8 Å². The minimum Gasteiger partial charge on any atom is -0.287 e. The normalized spacial score (nSPS) is 9.42. The van der Waals surface area contributed by atoms with Gasteiger partial charge in [0.2, 0.25) is 0 Å². The first-order valence-corrected chi connectivity index (χ1v) is 4.57. The monoisotopic (exact) mass is 182 g/mol. The maximum Gasteiger partial charge on any atom is 0.454 e. The van der Waals surface area contributed by atoms with Gasteiger partial charge in [-0.1, -0.05) is 12.1 Å². The van der Waals surface area contributed by atoms with Gasteiger partial charge in [0, 0.05) is 4.90 Å². The zero-order valence-corrected chi connectivity index (χ0v) is 7.35. The summed E-state index contributed by atoms with van der Waals surface area (Å²) in [4.78, 5) is 11.1. The van der Waals surface area contributed by atoms with E-state index in [0.717, 1.165) is 4.90 Å². The van der Waals surface area contributed by atoms with Crippen molar-refractivity contribution in [2.24, 2.45) is 0 Å². The molecule has 4 heteroatoms. The van der Waals surface area contributed by atoms with E-state index in [0.29, 0.717) is 5.69 Å². The Morgan fingerprint density at radius 2 is 2.08 bits per heavy atom. The topological polar surface area (TPSA) is 49.0 Å². The Hall–Kier alpha value is -1.16. The van der Waals surface area contributed by atoms with Gasteiger partial charge in [-0.3, -0.25) is 5.32 Å². The van der Waals surface area contributed by atoms with Crippen molar-refractivity contribution >= 4 is 23.5 Å². The molecule has 1 aromatic carbocycles. The molecule has 0 aliphatic heterocycles. The summed E-state index contributed by atoms with van der Waals surface area (Å²) in [5.74, 6) is 0. The van der Waals surface area contributed by atoms with Crippen molar-refractivity contribution in [3.8, 4) is 0 Å². The van der Waals surface area contributed by atoms with E-state index in [2.05, 4.69) is 5.32 Å². The highest BCUT2D eigenvalue weighted by Gasteiger charge is 2.03. The van der Waals surface area contributed by atoms with Gasteiger partial charge in [-0.2, -0.15) is 0 Å². The number of rotatable bonds is 2. The first kappa shape index (κ1) is 8.93. The Balaban J connectivity index is 2.89. The molecule has 63 valence electrons. The lowest BCUT2D eigenvalue weighted by Crippen LogP contribution is -2.06. The van der Waals surface area contributed by atoms with Gasteiger partial charge in [0.1, 0.15) is 0 Å². The molecular weight excluding hydrogens is 174 g/mol. The van der Waals surface area contributed by atoms with E-state index >= 15 is 0 Å². The standard InChI is InChI=1S/C8H8NO2S/c1-12-7-5-3-2-4-6(7)9-8(10)11/h2-5,9H,1H3. The molecule has 1 amide bonds. The summed E-state index contributed by atoms with van der Waals surface area (Å²) in [6.07, 6.45) is 0.604. The average molecular weight is 182 g/mol. The molecule has 1 rings (SSSR count). The Morgan fingerprint density at radius 1 is 1.42 bits per heavy atom. The molecule has 0 spiro atoms. The lowest BCUT2D eigenvalue weighted by Gasteiger charge is -2.03. The number of para-hydroxylation sites is 1. The van der Waals surface area contributed by atoms with Crippen LogP contribution in [0.1, 0.15) is 0 Å². The van der Waals surface area contributed by atoms with E-state index in [4.69, 9.17) is 0 Å². The number of benzene rings is 1. The predicted molar refractivity (Wildman–Crippen MR) is 47.9 cm³/mol. The summed E-state index contributed by atoms with van der Waals surface area (Å²) in [5, 5.41) is 12.4.